The van der Waals surface area contributed by atoms with Crippen molar-refractivity contribution in [1.29, 1.82) is 0 Å². The van der Waals surface area contributed by atoms with Crippen molar-refractivity contribution in [3.05, 3.63) is 23.8 Å². The SMILES string of the molecule is C=C(C)C(C)C/C(C)=C/CCN. The fraction of sp³-hybridized carbons (Fsp3) is 0.636. The van der Waals surface area contributed by atoms with Gasteiger partial charge in [0.25, 0.3) is 0 Å². The Labute approximate surface area is 76.3 Å². The molecule has 1 nitrogen and oxygen atoms in total. The molecule has 1 heteroatoms. The minimum atomic E-state index is 0.596. The van der Waals surface area contributed by atoms with Crippen LogP contribution in [0.25, 0.3) is 0 Å². The molecule has 12 heavy (non-hydrogen) atoms. The van der Waals surface area contributed by atoms with Gasteiger partial charge in [-0.15, -0.1) is 0 Å². The summed E-state index contributed by atoms with van der Waals surface area (Å²) in [5.41, 5.74) is 8.09. The van der Waals surface area contributed by atoms with Crippen molar-refractivity contribution in [2.24, 2.45) is 11.7 Å². The molecule has 0 bridgehead atoms. The van der Waals surface area contributed by atoms with Crippen LogP contribution >= 0.6 is 0 Å². The lowest BCUT2D eigenvalue weighted by Gasteiger charge is -2.10. The zero-order valence-electron chi connectivity index (χ0n) is 8.56. The van der Waals surface area contributed by atoms with Crippen LogP contribution in [0.5, 0.6) is 0 Å². The number of allylic oxidation sites excluding steroid dienone is 2. The van der Waals surface area contributed by atoms with Crippen molar-refractivity contribution < 1.29 is 0 Å². The quantitative estimate of drug-likeness (QED) is 0.626. The van der Waals surface area contributed by atoms with Crippen LogP contribution in [0.3, 0.4) is 0 Å². The molecule has 0 aromatic carbocycles. The summed E-state index contributed by atoms with van der Waals surface area (Å²) in [5.74, 6) is 0.596. The summed E-state index contributed by atoms with van der Waals surface area (Å²) in [6.07, 6.45) is 4.34. The lowest BCUT2D eigenvalue weighted by molar-refractivity contribution is 0.672. The zero-order valence-corrected chi connectivity index (χ0v) is 8.56. The Morgan fingerprint density at radius 2 is 2.08 bits per heavy atom. The summed E-state index contributed by atoms with van der Waals surface area (Å²) in [4.78, 5) is 0. The molecule has 0 aliphatic carbocycles. The molecule has 0 amide bonds. The Morgan fingerprint density at radius 3 is 2.50 bits per heavy atom. The predicted molar refractivity (Wildman–Crippen MR) is 56.0 cm³/mol. The van der Waals surface area contributed by atoms with Gasteiger partial charge in [0.15, 0.2) is 0 Å². The smallest absolute Gasteiger partial charge is 0.00425 e. The van der Waals surface area contributed by atoms with Crippen molar-refractivity contribution >= 4 is 0 Å². The third-order valence-corrected chi connectivity index (χ3v) is 2.13. The van der Waals surface area contributed by atoms with Gasteiger partial charge < -0.3 is 5.73 Å². The largest absolute Gasteiger partial charge is 0.330 e. The van der Waals surface area contributed by atoms with E-state index in [2.05, 4.69) is 33.4 Å². The van der Waals surface area contributed by atoms with Crippen LogP contribution < -0.4 is 5.73 Å². The van der Waals surface area contributed by atoms with Gasteiger partial charge >= 0.3 is 0 Å². The molecular weight excluding hydrogens is 146 g/mol. The minimum absolute atomic E-state index is 0.596. The van der Waals surface area contributed by atoms with E-state index in [0.717, 1.165) is 19.4 Å². The van der Waals surface area contributed by atoms with E-state index in [9.17, 15) is 0 Å². The second-order valence-electron chi connectivity index (χ2n) is 3.58. The van der Waals surface area contributed by atoms with E-state index in [-0.39, 0.29) is 0 Å². The van der Waals surface area contributed by atoms with Crippen LogP contribution in [0.2, 0.25) is 0 Å². The monoisotopic (exact) mass is 167 g/mol. The molecule has 1 unspecified atom stereocenters. The lowest BCUT2D eigenvalue weighted by atomic mass is 9.96. The molecule has 0 saturated heterocycles. The third kappa shape index (κ3) is 5.14. The Morgan fingerprint density at radius 1 is 1.50 bits per heavy atom. The van der Waals surface area contributed by atoms with E-state index in [1.165, 1.54) is 11.1 Å². The van der Waals surface area contributed by atoms with E-state index in [4.69, 9.17) is 5.73 Å². The van der Waals surface area contributed by atoms with Gasteiger partial charge in [-0.2, -0.15) is 0 Å². The fourth-order valence-corrected chi connectivity index (χ4v) is 1.07. The van der Waals surface area contributed by atoms with Crippen LogP contribution in [0, 0.1) is 5.92 Å². The first-order chi connectivity index (χ1) is 5.57. The molecule has 70 valence electrons. The van der Waals surface area contributed by atoms with Crippen molar-refractivity contribution in [3.63, 3.8) is 0 Å². The van der Waals surface area contributed by atoms with Crippen LogP contribution in [-0.4, -0.2) is 6.54 Å². The Kier molecular flexibility index (Phi) is 5.73. The summed E-state index contributed by atoms with van der Waals surface area (Å²) in [6.45, 7) is 11.1. The predicted octanol–water partition coefficient (Wildman–Crippen LogP) is 2.88. The molecule has 0 aliphatic heterocycles. The maximum absolute atomic E-state index is 5.41. The summed E-state index contributed by atoms with van der Waals surface area (Å²) < 4.78 is 0. The molecule has 2 N–H and O–H groups in total. The number of rotatable bonds is 5. The second kappa shape index (κ2) is 6.01. The second-order valence-corrected chi connectivity index (χ2v) is 3.58. The van der Waals surface area contributed by atoms with Crippen LogP contribution in [0.4, 0.5) is 0 Å². The molecule has 0 aliphatic rings. The van der Waals surface area contributed by atoms with Gasteiger partial charge in [-0.1, -0.05) is 30.7 Å². The van der Waals surface area contributed by atoms with E-state index < -0.39 is 0 Å². The van der Waals surface area contributed by atoms with Crippen molar-refractivity contribution in [3.8, 4) is 0 Å². The minimum Gasteiger partial charge on any atom is -0.330 e. The van der Waals surface area contributed by atoms with E-state index in [0.29, 0.717) is 5.92 Å². The highest BCUT2D eigenvalue weighted by atomic mass is 14.5. The first kappa shape index (κ1) is 11.4. The van der Waals surface area contributed by atoms with E-state index in [1.54, 1.807) is 0 Å². The van der Waals surface area contributed by atoms with Gasteiger partial charge in [0.1, 0.15) is 0 Å². The van der Waals surface area contributed by atoms with Crippen molar-refractivity contribution in [2.45, 2.75) is 33.6 Å². The first-order valence-electron chi connectivity index (χ1n) is 4.59. The van der Waals surface area contributed by atoms with Crippen molar-refractivity contribution in [2.75, 3.05) is 6.54 Å². The van der Waals surface area contributed by atoms with Gasteiger partial charge in [-0.25, -0.2) is 0 Å². The Balaban J connectivity index is 3.82. The highest BCUT2D eigenvalue weighted by Crippen LogP contribution is 2.17. The highest BCUT2D eigenvalue weighted by molar-refractivity contribution is 5.05. The molecule has 0 heterocycles. The fourth-order valence-electron chi connectivity index (χ4n) is 1.07. The van der Waals surface area contributed by atoms with Gasteiger partial charge in [0.2, 0.25) is 0 Å². The van der Waals surface area contributed by atoms with Gasteiger partial charge in [0.05, 0.1) is 0 Å². The topological polar surface area (TPSA) is 26.0 Å². The molecule has 0 saturated carbocycles. The summed E-state index contributed by atoms with van der Waals surface area (Å²) in [7, 11) is 0. The maximum atomic E-state index is 5.41. The molecule has 1 atom stereocenters. The van der Waals surface area contributed by atoms with Gasteiger partial charge in [-0.3, -0.25) is 0 Å². The molecule has 0 fully saturated rings. The normalized spacial score (nSPS) is 14.5. The summed E-state index contributed by atoms with van der Waals surface area (Å²) in [5, 5.41) is 0. The summed E-state index contributed by atoms with van der Waals surface area (Å²) >= 11 is 0. The van der Waals surface area contributed by atoms with Crippen LogP contribution in [0.15, 0.2) is 23.8 Å². The van der Waals surface area contributed by atoms with Crippen LogP contribution in [0.1, 0.15) is 33.6 Å². The van der Waals surface area contributed by atoms with E-state index in [1.807, 2.05) is 0 Å². The first-order valence-corrected chi connectivity index (χ1v) is 4.59. The standard InChI is InChI=1S/C11H21N/c1-9(2)11(4)8-10(3)6-5-7-12/h6,11H,1,5,7-8,12H2,2-4H3/b10-6+. The number of hydrogen-bond acceptors (Lipinski definition) is 1. The third-order valence-electron chi connectivity index (χ3n) is 2.13. The molecule has 0 aromatic heterocycles. The number of hydrogen-bond donors (Lipinski definition) is 1. The zero-order chi connectivity index (χ0) is 9.56. The Hall–Kier alpha value is -0.560. The maximum Gasteiger partial charge on any atom is -0.00425 e. The van der Waals surface area contributed by atoms with Gasteiger partial charge in [-0.05, 0) is 39.2 Å². The average Bonchev–Trinajstić information content (AvgIpc) is 2.00. The van der Waals surface area contributed by atoms with Gasteiger partial charge in [0, 0.05) is 0 Å². The Bertz CT molecular complexity index is 168. The molecule has 0 aromatic rings. The van der Waals surface area contributed by atoms with Crippen molar-refractivity contribution in [1.82, 2.24) is 0 Å². The average molecular weight is 167 g/mol. The number of nitrogens with two attached hydrogens (primary N) is 1. The highest BCUT2D eigenvalue weighted by Gasteiger charge is 2.02. The molecule has 0 spiro atoms. The van der Waals surface area contributed by atoms with Crippen LogP contribution in [-0.2, 0) is 0 Å². The molecule has 0 rings (SSSR count). The lowest BCUT2D eigenvalue weighted by Crippen LogP contribution is -1.98. The molecule has 0 radical (unpaired) electrons. The summed E-state index contributed by atoms with van der Waals surface area (Å²) in [6, 6.07) is 0. The molecular formula is C11H21N. The van der Waals surface area contributed by atoms with E-state index >= 15 is 0 Å².